The van der Waals surface area contributed by atoms with Crippen molar-refractivity contribution in [2.45, 2.75) is 4.90 Å². The first-order chi connectivity index (χ1) is 14.4. The average molecular weight is 451 g/mol. The van der Waals surface area contributed by atoms with Crippen LogP contribution in [0.2, 0.25) is 0 Å². The van der Waals surface area contributed by atoms with Crippen molar-refractivity contribution in [3.05, 3.63) is 48.0 Å². The molecule has 2 aromatic rings. The van der Waals surface area contributed by atoms with Crippen molar-refractivity contribution in [1.82, 2.24) is 9.73 Å². The van der Waals surface area contributed by atoms with Crippen molar-refractivity contribution in [1.29, 1.82) is 0 Å². The molecule has 9 nitrogen and oxygen atoms in total. The standard InChI is InChI=1S/C19H22N4O5S2/c1-27-18-7-2-14(12-17(18)24)13-20-22-19(29)21-15-3-5-16(6-4-15)30(25,26)23-8-10-28-11-9-23/h2-7,12-13,24H,8-11H2,1H3,(H2,21,22,29). The van der Waals surface area contributed by atoms with Gasteiger partial charge in [-0.1, -0.05) is 0 Å². The molecule has 11 heteroatoms. The quantitative estimate of drug-likeness (QED) is 0.347. The summed E-state index contributed by atoms with van der Waals surface area (Å²) in [5.74, 6) is 0.380. The molecule has 3 rings (SSSR count). The topological polar surface area (TPSA) is 112 Å². The van der Waals surface area contributed by atoms with Gasteiger partial charge in [-0.3, -0.25) is 5.43 Å². The highest BCUT2D eigenvalue weighted by Gasteiger charge is 2.26. The molecule has 3 N–H and O–H groups in total. The lowest BCUT2D eigenvalue weighted by Gasteiger charge is -2.26. The first-order valence-corrected chi connectivity index (χ1v) is 10.9. The van der Waals surface area contributed by atoms with E-state index in [0.29, 0.717) is 43.3 Å². The van der Waals surface area contributed by atoms with E-state index in [2.05, 4.69) is 15.8 Å². The van der Waals surface area contributed by atoms with E-state index in [9.17, 15) is 13.5 Å². The summed E-state index contributed by atoms with van der Waals surface area (Å²) in [5.41, 5.74) is 3.93. The molecule has 0 radical (unpaired) electrons. The molecular formula is C19H22N4O5S2. The molecule has 2 aromatic carbocycles. The Morgan fingerprint density at radius 1 is 1.23 bits per heavy atom. The summed E-state index contributed by atoms with van der Waals surface area (Å²) in [5, 5.41) is 16.9. The zero-order valence-corrected chi connectivity index (χ0v) is 17.9. The number of nitrogens with zero attached hydrogens (tertiary/aromatic N) is 2. The third-order valence-corrected chi connectivity index (χ3v) is 6.41. The Hall–Kier alpha value is -2.73. The number of aromatic hydroxyl groups is 1. The van der Waals surface area contributed by atoms with Crippen LogP contribution < -0.4 is 15.5 Å². The zero-order chi connectivity index (χ0) is 21.6. The second-order valence-electron chi connectivity index (χ2n) is 6.30. The Morgan fingerprint density at radius 2 is 1.93 bits per heavy atom. The molecule has 0 amide bonds. The monoisotopic (exact) mass is 450 g/mol. The zero-order valence-electron chi connectivity index (χ0n) is 16.2. The van der Waals surface area contributed by atoms with Crippen molar-refractivity contribution >= 4 is 39.3 Å². The minimum Gasteiger partial charge on any atom is -0.504 e. The number of hydrazone groups is 1. The van der Waals surface area contributed by atoms with Crippen LogP contribution in [0.15, 0.2) is 52.5 Å². The molecule has 1 saturated heterocycles. The number of anilines is 1. The van der Waals surface area contributed by atoms with Crippen LogP contribution in [0.4, 0.5) is 5.69 Å². The first-order valence-electron chi connectivity index (χ1n) is 9.05. The molecule has 0 aromatic heterocycles. The molecule has 0 atom stereocenters. The molecular weight excluding hydrogens is 428 g/mol. The fourth-order valence-electron chi connectivity index (χ4n) is 2.76. The molecule has 0 spiro atoms. The Morgan fingerprint density at radius 3 is 2.57 bits per heavy atom. The average Bonchev–Trinajstić information content (AvgIpc) is 2.75. The van der Waals surface area contributed by atoms with Gasteiger partial charge in [0, 0.05) is 18.8 Å². The number of methoxy groups -OCH3 is 1. The molecule has 1 aliphatic heterocycles. The van der Waals surface area contributed by atoms with Gasteiger partial charge in [-0.05, 0) is 60.2 Å². The van der Waals surface area contributed by atoms with Gasteiger partial charge in [0.15, 0.2) is 16.6 Å². The Labute approximate surface area is 180 Å². The highest BCUT2D eigenvalue weighted by Crippen LogP contribution is 2.25. The van der Waals surface area contributed by atoms with Crippen LogP contribution in [0.5, 0.6) is 11.5 Å². The van der Waals surface area contributed by atoms with Crippen LogP contribution in [-0.2, 0) is 14.8 Å². The summed E-state index contributed by atoms with van der Waals surface area (Å²) in [6.07, 6.45) is 1.49. The summed E-state index contributed by atoms with van der Waals surface area (Å²) < 4.78 is 36.9. The molecule has 30 heavy (non-hydrogen) atoms. The number of nitrogens with one attached hydrogen (secondary N) is 2. The predicted octanol–water partition coefficient (Wildman–Crippen LogP) is 1.74. The fourth-order valence-corrected chi connectivity index (χ4v) is 4.34. The Bertz CT molecular complexity index is 1020. The lowest BCUT2D eigenvalue weighted by Crippen LogP contribution is -2.40. The van der Waals surface area contributed by atoms with E-state index in [-0.39, 0.29) is 15.8 Å². The Balaban J connectivity index is 1.56. The van der Waals surface area contributed by atoms with Crippen LogP contribution in [0.1, 0.15) is 5.56 Å². The molecule has 1 fully saturated rings. The number of hydrogen-bond acceptors (Lipinski definition) is 7. The number of hydrogen-bond donors (Lipinski definition) is 3. The highest BCUT2D eigenvalue weighted by molar-refractivity contribution is 7.89. The number of thiocarbonyl (C=S) groups is 1. The second kappa shape index (κ2) is 9.85. The lowest BCUT2D eigenvalue weighted by molar-refractivity contribution is 0.0730. The summed E-state index contributed by atoms with van der Waals surface area (Å²) >= 11 is 5.18. The first kappa shape index (κ1) is 22.0. The molecule has 0 unspecified atom stereocenters. The number of morpholine rings is 1. The van der Waals surface area contributed by atoms with Gasteiger partial charge in [-0.25, -0.2) is 8.42 Å². The summed E-state index contributed by atoms with van der Waals surface area (Å²) in [6.45, 7) is 1.49. The van der Waals surface area contributed by atoms with Crippen molar-refractivity contribution in [3.8, 4) is 11.5 Å². The summed E-state index contributed by atoms with van der Waals surface area (Å²) in [6, 6.07) is 11.2. The van der Waals surface area contributed by atoms with E-state index in [1.54, 1.807) is 24.3 Å². The van der Waals surface area contributed by atoms with Crippen LogP contribution in [-0.4, -0.2) is 62.6 Å². The minimum atomic E-state index is -3.54. The number of ether oxygens (including phenoxy) is 2. The maximum atomic E-state index is 12.6. The molecule has 0 saturated carbocycles. The number of rotatable bonds is 6. The number of benzene rings is 2. The van der Waals surface area contributed by atoms with Gasteiger partial charge in [-0.15, -0.1) is 0 Å². The van der Waals surface area contributed by atoms with Gasteiger partial charge in [0.25, 0.3) is 0 Å². The van der Waals surface area contributed by atoms with E-state index in [0.717, 1.165) is 0 Å². The smallest absolute Gasteiger partial charge is 0.243 e. The predicted molar refractivity (Wildman–Crippen MR) is 118 cm³/mol. The third-order valence-electron chi connectivity index (χ3n) is 4.30. The number of sulfonamides is 1. The van der Waals surface area contributed by atoms with E-state index in [1.165, 1.54) is 35.8 Å². The maximum Gasteiger partial charge on any atom is 0.243 e. The molecule has 1 aliphatic rings. The maximum absolute atomic E-state index is 12.6. The third kappa shape index (κ3) is 5.45. The largest absolute Gasteiger partial charge is 0.504 e. The molecule has 0 aliphatic carbocycles. The van der Waals surface area contributed by atoms with Crippen molar-refractivity contribution in [3.63, 3.8) is 0 Å². The molecule has 160 valence electrons. The van der Waals surface area contributed by atoms with Crippen molar-refractivity contribution in [2.24, 2.45) is 5.10 Å². The molecule has 1 heterocycles. The van der Waals surface area contributed by atoms with E-state index in [4.69, 9.17) is 21.7 Å². The van der Waals surface area contributed by atoms with E-state index < -0.39 is 10.0 Å². The second-order valence-corrected chi connectivity index (χ2v) is 8.64. The van der Waals surface area contributed by atoms with Crippen LogP contribution in [0.3, 0.4) is 0 Å². The van der Waals surface area contributed by atoms with Gasteiger partial charge in [-0.2, -0.15) is 9.41 Å². The molecule has 0 bridgehead atoms. The SMILES string of the molecule is COc1ccc(C=NNC(=S)Nc2ccc(S(=O)(=O)N3CCOCC3)cc2)cc1O. The van der Waals surface area contributed by atoms with Gasteiger partial charge >= 0.3 is 0 Å². The highest BCUT2D eigenvalue weighted by atomic mass is 32.2. The summed E-state index contributed by atoms with van der Waals surface area (Å²) in [7, 11) is -2.07. The summed E-state index contributed by atoms with van der Waals surface area (Å²) in [4.78, 5) is 0.214. The minimum absolute atomic E-state index is 0.00859. The number of phenols is 1. The number of phenolic OH excluding ortho intramolecular Hbond substituents is 1. The van der Waals surface area contributed by atoms with Crippen molar-refractivity contribution < 1.29 is 23.0 Å². The van der Waals surface area contributed by atoms with Crippen LogP contribution in [0.25, 0.3) is 0 Å². The van der Waals surface area contributed by atoms with Gasteiger partial charge in [0.2, 0.25) is 10.0 Å². The van der Waals surface area contributed by atoms with Crippen molar-refractivity contribution in [2.75, 3.05) is 38.7 Å². The lowest BCUT2D eigenvalue weighted by atomic mass is 10.2. The van der Waals surface area contributed by atoms with Crippen LogP contribution >= 0.6 is 12.2 Å². The fraction of sp³-hybridized carbons (Fsp3) is 0.263. The Kier molecular flexibility index (Phi) is 7.21. The van der Waals surface area contributed by atoms with Crippen LogP contribution in [0, 0.1) is 0 Å². The normalized spacial score (nSPS) is 15.1. The van der Waals surface area contributed by atoms with Gasteiger partial charge in [0.05, 0.1) is 31.4 Å². The van der Waals surface area contributed by atoms with Gasteiger partial charge in [0.1, 0.15) is 0 Å². The van der Waals surface area contributed by atoms with E-state index in [1.807, 2.05) is 0 Å². The van der Waals surface area contributed by atoms with Gasteiger partial charge < -0.3 is 19.9 Å². The van der Waals surface area contributed by atoms with E-state index >= 15 is 0 Å².